The summed E-state index contributed by atoms with van der Waals surface area (Å²) in [5.74, 6) is 0.0868. The second-order valence-electron chi connectivity index (χ2n) is 5.41. The van der Waals surface area contributed by atoms with Crippen molar-refractivity contribution in [2.75, 3.05) is 18.0 Å². The maximum Gasteiger partial charge on any atom is 0.267 e. The Morgan fingerprint density at radius 2 is 2.09 bits per heavy atom. The maximum absolute atomic E-state index is 11.2. The van der Waals surface area contributed by atoms with Gasteiger partial charge in [0.15, 0.2) is 0 Å². The van der Waals surface area contributed by atoms with E-state index < -0.39 is 5.91 Å². The number of carbonyl (C=O) groups excluding carboxylic acids is 1. The van der Waals surface area contributed by atoms with Crippen molar-refractivity contribution < 1.29 is 9.53 Å². The van der Waals surface area contributed by atoms with Crippen LogP contribution in [0.4, 0.5) is 5.69 Å². The molecule has 2 aromatic rings. The summed E-state index contributed by atoms with van der Waals surface area (Å²) in [7, 11) is 0. The van der Waals surface area contributed by atoms with E-state index in [4.69, 9.17) is 10.5 Å². The molecule has 0 saturated carbocycles. The minimum atomic E-state index is -0.549. The average Bonchev–Trinajstić information content (AvgIpc) is 2.56. The van der Waals surface area contributed by atoms with Crippen LogP contribution in [0.5, 0.6) is 5.75 Å². The fourth-order valence-electron chi connectivity index (χ4n) is 2.62. The summed E-state index contributed by atoms with van der Waals surface area (Å²) in [4.78, 5) is 21.6. The zero-order chi connectivity index (χ0) is 16.2. The zero-order valence-electron chi connectivity index (χ0n) is 12.5. The van der Waals surface area contributed by atoms with Crippen LogP contribution < -0.4 is 15.4 Å². The van der Waals surface area contributed by atoms with Gasteiger partial charge in [0.05, 0.1) is 11.9 Å². The third-order valence-corrected chi connectivity index (χ3v) is 4.22. The van der Waals surface area contributed by atoms with Gasteiger partial charge in [0.1, 0.15) is 17.5 Å². The number of primary amides is 1. The normalized spacial score (nSPS) is 15.4. The minimum Gasteiger partial charge on any atom is -0.490 e. The molecule has 6 nitrogen and oxygen atoms in total. The topological polar surface area (TPSA) is 81.3 Å². The van der Waals surface area contributed by atoms with E-state index in [1.54, 1.807) is 18.3 Å². The predicted octanol–water partition coefficient (Wildman–Crippen LogP) is 2.39. The maximum atomic E-state index is 11.2. The van der Waals surface area contributed by atoms with Gasteiger partial charge in [0, 0.05) is 48.9 Å². The van der Waals surface area contributed by atoms with E-state index in [-0.39, 0.29) is 11.8 Å². The van der Waals surface area contributed by atoms with E-state index in [1.165, 1.54) is 6.20 Å². The van der Waals surface area contributed by atoms with Crippen LogP contribution in [0.1, 0.15) is 23.3 Å². The van der Waals surface area contributed by atoms with Gasteiger partial charge in [-0.2, -0.15) is 0 Å². The Bertz CT molecular complexity index is 702. The van der Waals surface area contributed by atoms with Gasteiger partial charge in [-0.05, 0) is 28.1 Å². The van der Waals surface area contributed by atoms with Crippen LogP contribution in [0.25, 0.3) is 0 Å². The molecule has 1 aliphatic heterocycles. The highest BCUT2D eigenvalue weighted by Gasteiger charge is 2.21. The van der Waals surface area contributed by atoms with Crippen molar-refractivity contribution in [1.29, 1.82) is 0 Å². The van der Waals surface area contributed by atoms with Crippen molar-refractivity contribution in [3.63, 3.8) is 0 Å². The SMILES string of the molecule is NC(=O)c1cc(OC2CCN(c3cncc(Br)c3)CC2)ccn1. The van der Waals surface area contributed by atoms with Crippen LogP contribution in [-0.2, 0) is 0 Å². The molecule has 7 heteroatoms. The quantitative estimate of drug-likeness (QED) is 0.885. The Morgan fingerprint density at radius 3 is 2.78 bits per heavy atom. The van der Waals surface area contributed by atoms with E-state index >= 15 is 0 Å². The molecule has 0 spiro atoms. The van der Waals surface area contributed by atoms with Gasteiger partial charge in [-0.25, -0.2) is 0 Å². The van der Waals surface area contributed by atoms with Gasteiger partial charge < -0.3 is 15.4 Å². The monoisotopic (exact) mass is 376 g/mol. The summed E-state index contributed by atoms with van der Waals surface area (Å²) in [5, 5.41) is 0. The largest absolute Gasteiger partial charge is 0.490 e. The van der Waals surface area contributed by atoms with Gasteiger partial charge in [0.25, 0.3) is 5.91 Å². The summed E-state index contributed by atoms with van der Waals surface area (Å²) in [5.41, 5.74) is 6.57. The summed E-state index contributed by atoms with van der Waals surface area (Å²) in [6.45, 7) is 1.80. The lowest BCUT2D eigenvalue weighted by molar-refractivity contribution is 0.0994. The summed E-state index contributed by atoms with van der Waals surface area (Å²) < 4.78 is 6.93. The molecule has 1 amide bonds. The fourth-order valence-corrected chi connectivity index (χ4v) is 2.97. The van der Waals surface area contributed by atoms with Crippen molar-refractivity contribution in [3.8, 4) is 5.75 Å². The molecule has 120 valence electrons. The van der Waals surface area contributed by atoms with E-state index in [0.29, 0.717) is 5.75 Å². The van der Waals surface area contributed by atoms with E-state index in [2.05, 4.69) is 36.9 Å². The standard InChI is InChI=1S/C16H17BrN4O2/c17-11-7-12(10-19-9-11)21-5-2-13(3-6-21)23-14-1-4-20-15(8-14)16(18)22/h1,4,7-10,13H,2-3,5-6H2,(H2,18,22). The number of pyridine rings is 2. The first-order chi connectivity index (χ1) is 11.1. The Hall–Kier alpha value is -2.15. The molecular weight excluding hydrogens is 360 g/mol. The highest BCUT2D eigenvalue weighted by molar-refractivity contribution is 9.10. The molecule has 0 unspecified atom stereocenters. The van der Waals surface area contributed by atoms with E-state index in [9.17, 15) is 4.79 Å². The van der Waals surface area contributed by atoms with Crippen LogP contribution in [0.15, 0.2) is 41.3 Å². The van der Waals surface area contributed by atoms with Crippen LogP contribution in [0.2, 0.25) is 0 Å². The first-order valence-electron chi connectivity index (χ1n) is 7.40. The van der Waals surface area contributed by atoms with Crippen LogP contribution >= 0.6 is 15.9 Å². The Labute approximate surface area is 142 Å². The predicted molar refractivity (Wildman–Crippen MR) is 90.6 cm³/mol. The highest BCUT2D eigenvalue weighted by Crippen LogP contribution is 2.24. The number of nitrogens with two attached hydrogens (primary N) is 1. The molecule has 0 radical (unpaired) electrons. The molecule has 0 bridgehead atoms. The molecule has 2 aromatic heterocycles. The van der Waals surface area contributed by atoms with Crippen molar-refractivity contribution >= 4 is 27.5 Å². The number of anilines is 1. The molecule has 0 atom stereocenters. The number of hydrogen-bond acceptors (Lipinski definition) is 5. The number of rotatable bonds is 4. The summed E-state index contributed by atoms with van der Waals surface area (Å²) in [6, 6.07) is 5.40. The van der Waals surface area contributed by atoms with Crippen molar-refractivity contribution in [2.45, 2.75) is 18.9 Å². The van der Waals surface area contributed by atoms with E-state index in [0.717, 1.165) is 36.1 Å². The van der Waals surface area contributed by atoms with Crippen LogP contribution in [0.3, 0.4) is 0 Å². The molecule has 3 rings (SSSR count). The molecule has 1 saturated heterocycles. The smallest absolute Gasteiger partial charge is 0.267 e. The van der Waals surface area contributed by atoms with Gasteiger partial charge in [0.2, 0.25) is 0 Å². The molecule has 2 N–H and O–H groups in total. The molecule has 1 aliphatic rings. The third-order valence-electron chi connectivity index (χ3n) is 3.78. The molecule has 0 aliphatic carbocycles. The molecule has 0 aromatic carbocycles. The highest BCUT2D eigenvalue weighted by atomic mass is 79.9. The van der Waals surface area contributed by atoms with Gasteiger partial charge in [-0.3, -0.25) is 14.8 Å². The molecule has 1 fully saturated rings. The number of carbonyl (C=O) groups is 1. The van der Waals surface area contributed by atoms with Crippen LogP contribution in [-0.4, -0.2) is 35.1 Å². The number of piperidine rings is 1. The Kier molecular flexibility index (Phi) is 4.76. The molecule has 23 heavy (non-hydrogen) atoms. The lowest BCUT2D eigenvalue weighted by Gasteiger charge is -2.33. The zero-order valence-corrected chi connectivity index (χ0v) is 14.1. The Balaban J connectivity index is 1.59. The number of hydrogen-bond donors (Lipinski definition) is 1. The van der Waals surface area contributed by atoms with Gasteiger partial charge in [-0.15, -0.1) is 0 Å². The first kappa shape index (κ1) is 15.7. The lowest BCUT2D eigenvalue weighted by atomic mass is 10.1. The second kappa shape index (κ2) is 6.95. The van der Waals surface area contributed by atoms with Gasteiger partial charge in [-0.1, -0.05) is 0 Å². The summed E-state index contributed by atoms with van der Waals surface area (Å²) in [6.07, 6.45) is 7.11. The lowest BCUT2D eigenvalue weighted by Crippen LogP contribution is -2.38. The van der Waals surface area contributed by atoms with Crippen molar-refractivity contribution in [1.82, 2.24) is 9.97 Å². The summed E-state index contributed by atoms with van der Waals surface area (Å²) >= 11 is 3.45. The fraction of sp³-hybridized carbons (Fsp3) is 0.312. The van der Waals surface area contributed by atoms with Crippen molar-refractivity contribution in [3.05, 3.63) is 47.0 Å². The minimum absolute atomic E-state index is 0.120. The number of aromatic nitrogens is 2. The Morgan fingerprint density at radius 1 is 1.30 bits per heavy atom. The number of amides is 1. The first-order valence-corrected chi connectivity index (χ1v) is 8.19. The third kappa shape index (κ3) is 3.98. The molecule has 3 heterocycles. The van der Waals surface area contributed by atoms with E-state index in [1.807, 2.05) is 6.20 Å². The second-order valence-corrected chi connectivity index (χ2v) is 6.32. The van der Waals surface area contributed by atoms with Gasteiger partial charge >= 0.3 is 0 Å². The number of nitrogens with zero attached hydrogens (tertiary/aromatic N) is 3. The molecular formula is C16H17BrN4O2. The average molecular weight is 377 g/mol. The number of halogens is 1. The van der Waals surface area contributed by atoms with Crippen molar-refractivity contribution in [2.24, 2.45) is 5.73 Å². The number of ether oxygens (including phenoxy) is 1. The van der Waals surface area contributed by atoms with Crippen LogP contribution in [0, 0.1) is 0 Å².